The Morgan fingerprint density at radius 3 is 2.46 bits per heavy atom. The van der Waals surface area contributed by atoms with Crippen molar-refractivity contribution in [1.82, 2.24) is 4.90 Å². The fourth-order valence-corrected chi connectivity index (χ4v) is 2.91. The van der Waals surface area contributed by atoms with Crippen LogP contribution < -0.4 is 11.5 Å². The summed E-state index contributed by atoms with van der Waals surface area (Å²) < 4.78 is 28.3. The van der Waals surface area contributed by atoms with Crippen LogP contribution in [-0.2, 0) is 13.0 Å². The minimum atomic E-state index is -0.593. The number of benzene rings is 2. The Bertz CT molecular complexity index is 831. The number of aliphatic imine (C=N–C) groups is 1. The van der Waals surface area contributed by atoms with Crippen molar-refractivity contribution in [2.24, 2.45) is 16.5 Å². The molecule has 0 saturated heterocycles. The number of hydrogen-bond donors (Lipinski definition) is 2. The molecule has 0 aliphatic carbocycles. The van der Waals surface area contributed by atoms with E-state index in [1.807, 2.05) is 0 Å². The smallest absolute Gasteiger partial charge is 0.347 e. The maximum atomic E-state index is 14.1. The summed E-state index contributed by atoms with van der Waals surface area (Å²) in [6, 6.07) is 8.53. The maximum Gasteiger partial charge on any atom is 0.347 e. The summed E-state index contributed by atoms with van der Waals surface area (Å²) in [4.78, 5) is 16.9. The average Bonchev–Trinajstić information content (AvgIpc) is 2.55. The molecule has 1 heterocycles. The number of rotatable bonds is 1. The Morgan fingerprint density at radius 2 is 1.75 bits per heavy atom. The maximum absolute atomic E-state index is 14.1. The quantitative estimate of drug-likeness (QED) is 0.622. The highest BCUT2D eigenvalue weighted by Gasteiger charge is 2.26. The van der Waals surface area contributed by atoms with Gasteiger partial charge < -0.3 is 16.4 Å². The van der Waals surface area contributed by atoms with Crippen LogP contribution in [0.1, 0.15) is 11.1 Å². The van der Waals surface area contributed by atoms with Crippen molar-refractivity contribution in [1.29, 1.82) is 0 Å². The van der Waals surface area contributed by atoms with Crippen molar-refractivity contribution in [2.75, 3.05) is 6.54 Å². The second-order valence-electron chi connectivity index (χ2n) is 5.52. The van der Waals surface area contributed by atoms with Crippen molar-refractivity contribution in [3.05, 3.63) is 59.2 Å². The van der Waals surface area contributed by atoms with Crippen LogP contribution in [0.5, 0.6) is 0 Å². The summed E-state index contributed by atoms with van der Waals surface area (Å²) in [5.74, 6) is -1.10. The highest BCUT2D eigenvalue weighted by Crippen LogP contribution is 2.33. The first-order chi connectivity index (χ1) is 11.5. The van der Waals surface area contributed by atoms with Gasteiger partial charge in [-0.1, -0.05) is 24.3 Å². The Kier molecular flexibility index (Phi) is 4.16. The second-order valence-corrected chi connectivity index (χ2v) is 5.52. The molecule has 2 aromatic rings. The Labute approximate surface area is 137 Å². The summed E-state index contributed by atoms with van der Waals surface area (Å²) in [6.07, 6.45) is 0.315. The number of guanidine groups is 1. The molecule has 4 N–H and O–H groups in total. The highest BCUT2D eigenvalue weighted by molar-refractivity contribution is 5.90. The summed E-state index contributed by atoms with van der Waals surface area (Å²) in [7, 11) is 0. The standard InChI is InChI=1S/C17H16F2N4O/c18-14-4-2-1-3-11(14)10-5-6-15(19)12-7-8-23(9-13(10)12)17(24)22-16(20)21/h1-6H,7-9H2,(H4,20,21,22,24). The van der Waals surface area contributed by atoms with Gasteiger partial charge in [0.05, 0.1) is 0 Å². The molecule has 0 spiro atoms. The molecule has 0 fully saturated rings. The zero-order valence-corrected chi connectivity index (χ0v) is 12.8. The molecule has 2 amide bonds. The summed E-state index contributed by atoms with van der Waals surface area (Å²) in [5.41, 5.74) is 12.5. The molecule has 2 aromatic carbocycles. The zero-order valence-electron chi connectivity index (χ0n) is 12.8. The van der Waals surface area contributed by atoms with Crippen LogP contribution in [0.3, 0.4) is 0 Å². The zero-order chi connectivity index (χ0) is 17.3. The van der Waals surface area contributed by atoms with Gasteiger partial charge in [-0.25, -0.2) is 13.6 Å². The van der Waals surface area contributed by atoms with Gasteiger partial charge in [-0.2, -0.15) is 4.99 Å². The average molecular weight is 330 g/mol. The van der Waals surface area contributed by atoms with Gasteiger partial charge >= 0.3 is 6.03 Å². The fraction of sp³-hybridized carbons (Fsp3) is 0.176. The molecule has 124 valence electrons. The lowest BCUT2D eigenvalue weighted by atomic mass is 9.90. The van der Waals surface area contributed by atoms with Crippen LogP contribution in [0.4, 0.5) is 13.6 Å². The van der Waals surface area contributed by atoms with Crippen molar-refractivity contribution in [3.8, 4) is 11.1 Å². The monoisotopic (exact) mass is 330 g/mol. The number of hydrogen-bond acceptors (Lipinski definition) is 1. The first kappa shape index (κ1) is 15.9. The molecule has 0 bridgehead atoms. The molecule has 0 aromatic heterocycles. The van der Waals surface area contributed by atoms with Gasteiger partial charge in [-0.15, -0.1) is 0 Å². The number of fused-ring (bicyclic) bond motifs is 1. The third kappa shape index (κ3) is 2.92. The Morgan fingerprint density at radius 1 is 1.00 bits per heavy atom. The molecule has 5 nitrogen and oxygen atoms in total. The van der Waals surface area contributed by atoms with Crippen molar-refractivity contribution < 1.29 is 13.6 Å². The first-order valence-corrected chi connectivity index (χ1v) is 7.41. The third-order valence-electron chi connectivity index (χ3n) is 4.01. The van der Waals surface area contributed by atoms with Gasteiger partial charge in [0.25, 0.3) is 0 Å². The van der Waals surface area contributed by atoms with E-state index in [1.54, 1.807) is 18.2 Å². The molecule has 24 heavy (non-hydrogen) atoms. The molecular formula is C17H16F2N4O. The lowest BCUT2D eigenvalue weighted by molar-refractivity contribution is 0.202. The van der Waals surface area contributed by atoms with Crippen LogP contribution in [0.2, 0.25) is 0 Å². The van der Waals surface area contributed by atoms with Crippen molar-refractivity contribution in [2.45, 2.75) is 13.0 Å². The van der Waals surface area contributed by atoms with E-state index in [2.05, 4.69) is 4.99 Å². The predicted molar refractivity (Wildman–Crippen MR) is 87.1 cm³/mol. The number of amides is 2. The number of carbonyl (C=O) groups excluding carboxylic acids is 1. The molecule has 3 rings (SSSR count). The van der Waals surface area contributed by atoms with Gasteiger partial charge in [0.15, 0.2) is 5.96 Å². The molecule has 0 atom stereocenters. The highest BCUT2D eigenvalue weighted by atomic mass is 19.1. The van der Waals surface area contributed by atoms with Crippen LogP contribution >= 0.6 is 0 Å². The topological polar surface area (TPSA) is 84.7 Å². The lowest BCUT2D eigenvalue weighted by Crippen LogP contribution is -2.37. The van der Waals surface area contributed by atoms with Gasteiger partial charge in [0.1, 0.15) is 11.6 Å². The molecule has 1 aliphatic rings. The fourth-order valence-electron chi connectivity index (χ4n) is 2.91. The molecular weight excluding hydrogens is 314 g/mol. The number of nitrogens with zero attached hydrogens (tertiary/aromatic N) is 2. The summed E-state index contributed by atoms with van der Waals surface area (Å²) in [5, 5.41) is 0. The van der Waals surface area contributed by atoms with Crippen LogP contribution in [0, 0.1) is 11.6 Å². The van der Waals surface area contributed by atoms with E-state index in [1.165, 1.54) is 23.1 Å². The van der Waals surface area contributed by atoms with Crippen LogP contribution in [-0.4, -0.2) is 23.4 Å². The van der Waals surface area contributed by atoms with Gasteiger partial charge in [-0.05, 0) is 35.2 Å². The van der Waals surface area contributed by atoms with Crippen molar-refractivity contribution >= 4 is 12.0 Å². The van der Waals surface area contributed by atoms with Crippen LogP contribution in [0.25, 0.3) is 11.1 Å². The number of carbonyl (C=O) groups is 1. The number of nitrogens with two attached hydrogens (primary N) is 2. The Hall–Kier alpha value is -2.96. The molecule has 1 aliphatic heterocycles. The number of urea groups is 1. The minimum absolute atomic E-state index is 0.117. The minimum Gasteiger partial charge on any atom is -0.370 e. The molecule has 0 saturated carbocycles. The predicted octanol–water partition coefficient (Wildman–Crippen LogP) is 2.38. The van der Waals surface area contributed by atoms with E-state index in [0.717, 1.165) is 0 Å². The van der Waals surface area contributed by atoms with Gasteiger partial charge in [0.2, 0.25) is 0 Å². The van der Waals surface area contributed by atoms with E-state index in [-0.39, 0.29) is 18.3 Å². The molecule has 7 heteroatoms. The normalized spacial score (nSPS) is 13.3. The van der Waals surface area contributed by atoms with Gasteiger partial charge in [0, 0.05) is 18.7 Å². The van der Waals surface area contributed by atoms with Gasteiger partial charge in [-0.3, -0.25) is 0 Å². The van der Waals surface area contributed by atoms with Crippen molar-refractivity contribution in [3.63, 3.8) is 0 Å². The number of halogens is 2. The second kappa shape index (κ2) is 6.27. The van der Waals surface area contributed by atoms with E-state index >= 15 is 0 Å². The van der Waals surface area contributed by atoms with E-state index in [4.69, 9.17) is 11.5 Å². The Balaban J connectivity index is 2.06. The van der Waals surface area contributed by atoms with E-state index in [0.29, 0.717) is 35.2 Å². The first-order valence-electron chi connectivity index (χ1n) is 7.41. The molecule has 0 radical (unpaired) electrons. The summed E-state index contributed by atoms with van der Waals surface area (Å²) >= 11 is 0. The summed E-state index contributed by atoms with van der Waals surface area (Å²) in [6.45, 7) is 0.409. The SMILES string of the molecule is NC(N)=NC(=O)N1CCc2c(F)ccc(-c3ccccc3F)c2C1. The molecule has 0 unspecified atom stereocenters. The van der Waals surface area contributed by atoms with E-state index in [9.17, 15) is 13.6 Å². The van der Waals surface area contributed by atoms with E-state index < -0.39 is 11.8 Å². The lowest BCUT2D eigenvalue weighted by Gasteiger charge is -2.29. The largest absolute Gasteiger partial charge is 0.370 e. The van der Waals surface area contributed by atoms with Crippen LogP contribution in [0.15, 0.2) is 41.4 Å². The third-order valence-corrected chi connectivity index (χ3v) is 4.01.